The maximum atomic E-state index is 8.81. The van der Waals surface area contributed by atoms with Crippen molar-refractivity contribution < 1.29 is 5.11 Å². The second kappa shape index (κ2) is 4.72. The van der Waals surface area contributed by atoms with E-state index < -0.39 is 0 Å². The first kappa shape index (κ1) is 11.9. The Balaban J connectivity index is 2.65. The number of aryl methyl sites for hydroxylation is 2. The van der Waals surface area contributed by atoms with E-state index in [1.807, 2.05) is 13.8 Å². The zero-order chi connectivity index (χ0) is 12.4. The van der Waals surface area contributed by atoms with Crippen LogP contribution in [0.3, 0.4) is 0 Å². The van der Waals surface area contributed by atoms with E-state index in [0.29, 0.717) is 28.3 Å². The van der Waals surface area contributed by atoms with Gasteiger partial charge in [-0.25, -0.2) is 15.0 Å². The SMILES string of the molecule is Cc1nc2[nH]c(=S)nc(NCCO)c2nc1C. The highest BCUT2D eigenvalue weighted by molar-refractivity contribution is 7.71. The molecule has 0 amide bonds. The van der Waals surface area contributed by atoms with E-state index in [1.165, 1.54) is 0 Å². The van der Waals surface area contributed by atoms with Crippen molar-refractivity contribution in [3.63, 3.8) is 0 Å². The molecule has 17 heavy (non-hydrogen) atoms. The van der Waals surface area contributed by atoms with E-state index >= 15 is 0 Å². The fourth-order valence-electron chi connectivity index (χ4n) is 1.44. The maximum absolute atomic E-state index is 8.81. The molecule has 2 aromatic rings. The van der Waals surface area contributed by atoms with Crippen LogP contribution in [0.5, 0.6) is 0 Å². The van der Waals surface area contributed by atoms with Crippen molar-refractivity contribution in [2.24, 2.45) is 0 Å². The third-order valence-corrected chi connectivity index (χ3v) is 2.57. The van der Waals surface area contributed by atoms with Gasteiger partial charge in [0.2, 0.25) is 4.77 Å². The molecule has 90 valence electrons. The molecule has 0 radical (unpaired) electrons. The van der Waals surface area contributed by atoms with Crippen LogP contribution in [-0.4, -0.2) is 38.2 Å². The van der Waals surface area contributed by atoms with Crippen molar-refractivity contribution in [2.45, 2.75) is 13.8 Å². The molecule has 0 aromatic carbocycles. The zero-order valence-electron chi connectivity index (χ0n) is 9.61. The molecule has 0 fully saturated rings. The highest BCUT2D eigenvalue weighted by Crippen LogP contribution is 2.17. The van der Waals surface area contributed by atoms with Crippen molar-refractivity contribution in [1.82, 2.24) is 19.9 Å². The van der Waals surface area contributed by atoms with Crippen molar-refractivity contribution in [3.8, 4) is 0 Å². The minimum absolute atomic E-state index is 0.0207. The van der Waals surface area contributed by atoms with Crippen LogP contribution < -0.4 is 5.32 Å². The zero-order valence-corrected chi connectivity index (χ0v) is 10.4. The summed E-state index contributed by atoms with van der Waals surface area (Å²) in [5.41, 5.74) is 2.93. The van der Waals surface area contributed by atoms with Gasteiger partial charge >= 0.3 is 0 Å². The molecule has 0 bridgehead atoms. The Bertz CT molecular complexity index is 609. The fraction of sp³-hybridized carbons (Fsp3) is 0.400. The summed E-state index contributed by atoms with van der Waals surface area (Å²) in [5.74, 6) is 0.549. The smallest absolute Gasteiger partial charge is 0.200 e. The van der Waals surface area contributed by atoms with Crippen LogP contribution in [0.15, 0.2) is 0 Å². The number of aromatic amines is 1. The van der Waals surface area contributed by atoms with E-state index in [0.717, 1.165) is 11.4 Å². The van der Waals surface area contributed by atoms with Crippen molar-refractivity contribution in [3.05, 3.63) is 16.2 Å². The van der Waals surface area contributed by atoms with Gasteiger partial charge < -0.3 is 15.4 Å². The van der Waals surface area contributed by atoms with Gasteiger partial charge in [0, 0.05) is 6.54 Å². The topological polar surface area (TPSA) is 86.7 Å². The molecule has 6 nitrogen and oxygen atoms in total. The van der Waals surface area contributed by atoms with E-state index in [-0.39, 0.29) is 6.61 Å². The van der Waals surface area contributed by atoms with Gasteiger partial charge in [0.25, 0.3) is 0 Å². The lowest BCUT2D eigenvalue weighted by atomic mass is 10.3. The van der Waals surface area contributed by atoms with Gasteiger partial charge in [0.1, 0.15) is 5.52 Å². The Kier molecular flexibility index (Phi) is 3.30. The van der Waals surface area contributed by atoms with Crippen LogP contribution in [0.1, 0.15) is 11.4 Å². The highest BCUT2D eigenvalue weighted by Gasteiger charge is 2.08. The normalized spacial score (nSPS) is 10.8. The number of aromatic nitrogens is 4. The second-order valence-corrected chi connectivity index (χ2v) is 4.02. The number of H-pyrrole nitrogens is 1. The molecular weight excluding hydrogens is 238 g/mol. The predicted octanol–water partition coefficient (Wildman–Crippen LogP) is 1.10. The van der Waals surface area contributed by atoms with Crippen LogP contribution >= 0.6 is 12.2 Å². The molecule has 0 aliphatic heterocycles. The van der Waals surface area contributed by atoms with Crippen molar-refractivity contribution in [1.29, 1.82) is 0 Å². The molecule has 2 aromatic heterocycles. The predicted molar refractivity (Wildman–Crippen MR) is 67.6 cm³/mol. The summed E-state index contributed by atoms with van der Waals surface area (Å²) < 4.78 is 0.343. The quantitative estimate of drug-likeness (QED) is 0.708. The number of rotatable bonds is 3. The standard InChI is InChI=1S/C10H13N5OS/c1-5-6(2)13-9-7(12-5)8(11-3-4-16)14-10(17)15-9/h16H,3-4H2,1-2H3,(H2,11,13,14,15,17). The first-order valence-electron chi connectivity index (χ1n) is 5.22. The number of anilines is 1. The molecule has 0 spiro atoms. The number of hydrogen-bond acceptors (Lipinski definition) is 6. The van der Waals surface area contributed by atoms with Gasteiger partial charge in [-0.15, -0.1) is 0 Å². The molecule has 0 saturated carbocycles. The van der Waals surface area contributed by atoms with Crippen LogP contribution in [0.25, 0.3) is 11.2 Å². The molecule has 0 saturated heterocycles. The van der Waals surface area contributed by atoms with E-state index in [1.54, 1.807) is 0 Å². The number of fused-ring (bicyclic) bond motifs is 1. The third-order valence-electron chi connectivity index (χ3n) is 2.37. The number of aliphatic hydroxyl groups excluding tert-OH is 1. The minimum Gasteiger partial charge on any atom is -0.395 e. The van der Waals surface area contributed by atoms with Crippen LogP contribution in [0.2, 0.25) is 0 Å². The lowest BCUT2D eigenvalue weighted by Crippen LogP contribution is -2.09. The molecule has 2 heterocycles. The lowest BCUT2D eigenvalue weighted by Gasteiger charge is -2.08. The molecule has 0 aliphatic rings. The Labute approximate surface area is 103 Å². The third kappa shape index (κ3) is 2.40. The Morgan fingerprint density at radius 3 is 2.65 bits per heavy atom. The summed E-state index contributed by atoms with van der Waals surface area (Å²) >= 11 is 5.02. The summed E-state index contributed by atoms with van der Waals surface area (Å²) in [6.07, 6.45) is 0. The number of hydrogen-bond donors (Lipinski definition) is 3. The summed E-state index contributed by atoms with van der Waals surface area (Å²) in [6, 6.07) is 0. The van der Waals surface area contributed by atoms with Gasteiger partial charge in [-0.3, -0.25) is 0 Å². The maximum Gasteiger partial charge on any atom is 0.200 e. The first-order chi connectivity index (χ1) is 8.11. The van der Waals surface area contributed by atoms with Crippen LogP contribution in [0, 0.1) is 18.6 Å². The molecular formula is C10H13N5OS. The Morgan fingerprint density at radius 2 is 1.94 bits per heavy atom. The Morgan fingerprint density at radius 1 is 1.24 bits per heavy atom. The summed E-state index contributed by atoms with van der Waals surface area (Å²) in [4.78, 5) is 15.8. The molecule has 0 unspecified atom stereocenters. The van der Waals surface area contributed by atoms with Gasteiger partial charge in [0.15, 0.2) is 11.5 Å². The fourth-order valence-corrected chi connectivity index (χ4v) is 1.62. The molecule has 7 heteroatoms. The average molecular weight is 251 g/mol. The van der Waals surface area contributed by atoms with Crippen LogP contribution in [-0.2, 0) is 0 Å². The number of nitrogens with one attached hydrogen (secondary N) is 2. The van der Waals surface area contributed by atoms with Gasteiger partial charge in [-0.2, -0.15) is 0 Å². The molecule has 0 aliphatic carbocycles. The molecule has 0 atom stereocenters. The largest absolute Gasteiger partial charge is 0.395 e. The van der Waals surface area contributed by atoms with E-state index in [4.69, 9.17) is 17.3 Å². The first-order valence-corrected chi connectivity index (χ1v) is 5.62. The monoisotopic (exact) mass is 251 g/mol. The summed E-state index contributed by atoms with van der Waals surface area (Å²) in [7, 11) is 0. The molecule has 3 N–H and O–H groups in total. The number of aliphatic hydroxyl groups is 1. The minimum atomic E-state index is 0.0207. The van der Waals surface area contributed by atoms with Crippen LogP contribution in [0.4, 0.5) is 5.82 Å². The number of nitrogens with zero attached hydrogens (tertiary/aromatic N) is 3. The highest BCUT2D eigenvalue weighted by atomic mass is 32.1. The van der Waals surface area contributed by atoms with E-state index in [2.05, 4.69) is 25.3 Å². The Hall–Kier alpha value is -1.60. The van der Waals surface area contributed by atoms with Gasteiger partial charge in [-0.05, 0) is 26.1 Å². The van der Waals surface area contributed by atoms with Gasteiger partial charge in [-0.1, -0.05) is 0 Å². The van der Waals surface area contributed by atoms with E-state index in [9.17, 15) is 0 Å². The molecule has 2 rings (SSSR count). The average Bonchev–Trinajstić information content (AvgIpc) is 2.28. The lowest BCUT2D eigenvalue weighted by molar-refractivity contribution is 0.311. The van der Waals surface area contributed by atoms with Crippen molar-refractivity contribution in [2.75, 3.05) is 18.5 Å². The van der Waals surface area contributed by atoms with Crippen molar-refractivity contribution >= 4 is 29.2 Å². The summed E-state index contributed by atoms with van der Waals surface area (Å²) in [5, 5.41) is 11.8. The summed E-state index contributed by atoms with van der Waals surface area (Å²) in [6.45, 7) is 4.20. The second-order valence-electron chi connectivity index (χ2n) is 3.63. The van der Waals surface area contributed by atoms with Gasteiger partial charge in [0.05, 0.1) is 18.0 Å².